The zero-order chi connectivity index (χ0) is 13.0. The van der Waals surface area contributed by atoms with Crippen molar-refractivity contribution in [2.24, 2.45) is 0 Å². The summed E-state index contributed by atoms with van der Waals surface area (Å²) < 4.78 is 0. The summed E-state index contributed by atoms with van der Waals surface area (Å²) in [6.07, 6.45) is -0.533. The standard InChI is InChI=1S/C14H12N2O2/c15-9-13-11(7-8-16-14(17)18)6-5-10-3-1-2-4-12(10)13/h1-6,16H,7-8H2,(H,17,18). The maximum Gasteiger partial charge on any atom is 0.404 e. The van der Waals surface area contributed by atoms with Gasteiger partial charge >= 0.3 is 6.09 Å². The average Bonchev–Trinajstić information content (AvgIpc) is 2.38. The normalized spacial score (nSPS) is 9.94. The molecule has 0 bridgehead atoms. The number of carbonyl (C=O) groups is 1. The lowest BCUT2D eigenvalue weighted by Gasteiger charge is -2.07. The maximum absolute atomic E-state index is 10.4. The Morgan fingerprint density at radius 1 is 1.28 bits per heavy atom. The number of carboxylic acid groups (broad SMARTS) is 1. The number of hydrogen-bond acceptors (Lipinski definition) is 2. The van der Waals surface area contributed by atoms with Crippen LogP contribution in [0.25, 0.3) is 10.8 Å². The van der Waals surface area contributed by atoms with Gasteiger partial charge in [-0.15, -0.1) is 0 Å². The van der Waals surface area contributed by atoms with Crippen LogP contribution in [-0.2, 0) is 6.42 Å². The Bertz CT molecular complexity index is 629. The van der Waals surface area contributed by atoms with E-state index >= 15 is 0 Å². The van der Waals surface area contributed by atoms with Crippen LogP contribution >= 0.6 is 0 Å². The van der Waals surface area contributed by atoms with Crippen molar-refractivity contribution in [2.75, 3.05) is 6.54 Å². The molecule has 0 radical (unpaired) electrons. The molecule has 2 N–H and O–H groups in total. The molecule has 2 aromatic rings. The topological polar surface area (TPSA) is 73.1 Å². The van der Waals surface area contributed by atoms with Crippen molar-refractivity contribution in [3.05, 3.63) is 47.5 Å². The van der Waals surface area contributed by atoms with Gasteiger partial charge in [-0.1, -0.05) is 36.4 Å². The summed E-state index contributed by atoms with van der Waals surface area (Å²) in [5.74, 6) is 0. The third kappa shape index (κ3) is 2.41. The van der Waals surface area contributed by atoms with Crippen LogP contribution in [0.4, 0.5) is 4.79 Å². The fourth-order valence-corrected chi connectivity index (χ4v) is 1.96. The molecule has 4 heteroatoms. The van der Waals surface area contributed by atoms with Crippen molar-refractivity contribution in [2.45, 2.75) is 6.42 Å². The summed E-state index contributed by atoms with van der Waals surface area (Å²) in [6, 6.07) is 13.7. The summed E-state index contributed by atoms with van der Waals surface area (Å²) in [7, 11) is 0. The minimum absolute atomic E-state index is 0.308. The summed E-state index contributed by atoms with van der Waals surface area (Å²) in [5.41, 5.74) is 1.49. The van der Waals surface area contributed by atoms with Gasteiger partial charge in [-0.05, 0) is 22.8 Å². The monoisotopic (exact) mass is 240 g/mol. The lowest BCUT2D eigenvalue weighted by Crippen LogP contribution is -2.23. The molecule has 2 aromatic carbocycles. The van der Waals surface area contributed by atoms with E-state index in [1.54, 1.807) is 0 Å². The third-order valence-electron chi connectivity index (χ3n) is 2.80. The number of hydrogen-bond donors (Lipinski definition) is 2. The fraction of sp³-hybridized carbons (Fsp3) is 0.143. The van der Waals surface area contributed by atoms with E-state index in [9.17, 15) is 10.1 Å². The molecule has 0 unspecified atom stereocenters. The number of nitriles is 1. The van der Waals surface area contributed by atoms with E-state index in [0.29, 0.717) is 18.5 Å². The molecule has 0 saturated heterocycles. The second kappa shape index (κ2) is 5.19. The lowest BCUT2D eigenvalue weighted by atomic mass is 9.98. The summed E-state index contributed by atoms with van der Waals surface area (Å²) in [4.78, 5) is 10.4. The first kappa shape index (κ1) is 11.9. The maximum atomic E-state index is 10.4. The molecule has 0 aliphatic carbocycles. The van der Waals surface area contributed by atoms with E-state index in [2.05, 4.69) is 11.4 Å². The molecule has 0 aromatic heterocycles. The molecule has 1 amide bonds. The van der Waals surface area contributed by atoms with Gasteiger partial charge in [0.1, 0.15) is 6.07 Å². The van der Waals surface area contributed by atoms with Crippen molar-refractivity contribution < 1.29 is 9.90 Å². The Balaban J connectivity index is 2.34. The Morgan fingerprint density at radius 2 is 2.06 bits per heavy atom. The Morgan fingerprint density at radius 3 is 2.78 bits per heavy atom. The van der Waals surface area contributed by atoms with Crippen LogP contribution in [0, 0.1) is 11.3 Å². The van der Waals surface area contributed by atoms with Gasteiger partial charge in [0.2, 0.25) is 0 Å². The number of nitrogens with zero attached hydrogens (tertiary/aromatic N) is 1. The molecule has 0 atom stereocenters. The predicted molar refractivity (Wildman–Crippen MR) is 68.4 cm³/mol. The number of rotatable bonds is 3. The minimum atomic E-state index is -1.05. The molecule has 0 heterocycles. The van der Waals surface area contributed by atoms with E-state index in [1.165, 1.54) is 0 Å². The molecule has 0 aliphatic rings. The minimum Gasteiger partial charge on any atom is -0.465 e. The van der Waals surface area contributed by atoms with Crippen LogP contribution in [0.5, 0.6) is 0 Å². The molecular formula is C14H12N2O2. The van der Waals surface area contributed by atoms with Crippen LogP contribution in [0.15, 0.2) is 36.4 Å². The van der Waals surface area contributed by atoms with Gasteiger partial charge in [0, 0.05) is 6.54 Å². The van der Waals surface area contributed by atoms with Gasteiger partial charge < -0.3 is 10.4 Å². The fourth-order valence-electron chi connectivity index (χ4n) is 1.96. The quantitative estimate of drug-likeness (QED) is 0.865. The van der Waals surface area contributed by atoms with E-state index < -0.39 is 6.09 Å². The summed E-state index contributed by atoms with van der Waals surface area (Å²) in [6.45, 7) is 0.308. The smallest absolute Gasteiger partial charge is 0.404 e. The lowest BCUT2D eigenvalue weighted by molar-refractivity contribution is 0.194. The van der Waals surface area contributed by atoms with Gasteiger partial charge in [0.05, 0.1) is 5.56 Å². The van der Waals surface area contributed by atoms with Crippen LogP contribution in [0.1, 0.15) is 11.1 Å². The number of benzene rings is 2. The Kier molecular flexibility index (Phi) is 3.44. The van der Waals surface area contributed by atoms with Crippen LogP contribution < -0.4 is 5.32 Å². The summed E-state index contributed by atoms with van der Waals surface area (Å²) >= 11 is 0. The van der Waals surface area contributed by atoms with E-state index in [1.807, 2.05) is 36.4 Å². The second-order valence-electron chi connectivity index (χ2n) is 3.91. The molecule has 0 aliphatic heterocycles. The van der Waals surface area contributed by atoms with E-state index in [-0.39, 0.29) is 0 Å². The first-order chi connectivity index (χ1) is 8.72. The highest BCUT2D eigenvalue weighted by atomic mass is 16.4. The third-order valence-corrected chi connectivity index (χ3v) is 2.80. The first-order valence-corrected chi connectivity index (χ1v) is 5.60. The highest BCUT2D eigenvalue weighted by Gasteiger charge is 2.07. The molecule has 90 valence electrons. The Labute approximate surface area is 104 Å². The van der Waals surface area contributed by atoms with Crippen molar-refractivity contribution in [3.8, 4) is 6.07 Å². The van der Waals surface area contributed by atoms with Gasteiger partial charge in [-0.25, -0.2) is 4.79 Å². The van der Waals surface area contributed by atoms with Crippen LogP contribution in [0.2, 0.25) is 0 Å². The highest BCUT2D eigenvalue weighted by molar-refractivity contribution is 5.89. The molecule has 18 heavy (non-hydrogen) atoms. The molecule has 0 saturated carbocycles. The SMILES string of the molecule is N#Cc1c(CCNC(=O)O)ccc2ccccc12. The van der Waals surface area contributed by atoms with Crippen molar-refractivity contribution in [3.63, 3.8) is 0 Å². The predicted octanol–water partition coefficient (Wildman–Crippen LogP) is 2.52. The first-order valence-electron chi connectivity index (χ1n) is 5.60. The highest BCUT2D eigenvalue weighted by Crippen LogP contribution is 2.21. The van der Waals surface area contributed by atoms with Gasteiger partial charge in [0.25, 0.3) is 0 Å². The molecule has 4 nitrogen and oxygen atoms in total. The average molecular weight is 240 g/mol. The van der Waals surface area contributed by atoms with Crippen molar-refractivity contribution >= 4 is 16.9 Å². The van der Waals surface area contributed by atoms with Crippen molar-refractivity contribution in [1.82, 2.24) is 5.32 Å². The number of amides is 1. The number of nitrogens with one attached hydrogen (secondary N) is 1. The van der Waals surface area contributed by atoms with Gasteiger partial charge in [0.15, 0.2) is 0 Å². The molecule has 0 spiro atoms. The Hall–Kier alpha value is -2.54. The van der Waals surface area contributed by atoms with Gasteiger partial charge in [-0.2, -0.15) is 5.26 Å². The molecule has 0 fully saturated rings. The molecule has 2 rings (SSSR count). The van der Waals surface area contributed by atoms with E-state index in [0.717, 1.165) is 16.3 Å². The van der Waals surface area contributed by atoms with E-state index in [4.69, 9.17) is 5.11 Å². The van der Waals surface area contributed by atoms with Crippen LogP contribution in [-0.4, -0.2) is 17.7 Å². The van der Waals surface area contributed by atoms with Crippen LogP contribution in [0.3, 0.4) is 0 Å². The largest absolute Gasteiger partial charge is 0.465 e. The van der Waals surface area contributed by atoms with Crippen molar-refractivity contribution in [1.29, 1.82) is 5.26 Å². The van der Waals surface area contributed by atoms with Gasteiger partial charge in [-0.3, -0.25) is 0 Å². The second-order valence-corrected chi connectivity index (χ2v) is 3.91. The summed E-state index contributed by atoms with van der Waals surface area (Å²) in [5, 5.41) is 22.0. The number of fused-ring (bicyclic) bond motifs is 1. The zero-order valence-corrected chi connectivity index (χ0v) is 9.68. The molecular weight excluding hydrogens is 228 g/mol. The zero-order valence-electron chi connectivity index (χ0n) is 9.68.